The molecule has 114 valence electrons. The second-order valence-electron chi connectivity index (χ2n) is 4.84. The largest absolute Gasteiger partial charge is 0.395 e. The smallest absolute Gasteiger partial charge is 0.238 e. The van der Waals surface area contributed by atoms with Crippen LogP contribution < -0.4 is 11.1 Å². The van der Waals surface area contributed by atoms with Crippen LogP contribution in [0.5, 0.6) is 0 Å². The number of amides is 1. The molecule has 1 unspecified atom stereocenters. The van der Waals surface area contributed by atoms with E-state index in [1.807, 2.05) is 17.0 Å². The number of hydrogen-bond acceptors (Lipinski definition) is 5. The number of carbonyl (C=O) groups is 1. The van der Waals surface area contributed by atoms with E-state index in [4.69, 9.17) is 22.7 Å². The molecule has 7 heteroatoms. The number of aliphatic hydroxyl groups is 1. The average molecular weight is 309 g/mol. The molecule has 2 rings (SSSR count). The summed E-state index contributed by atoms with van der Waals surface area (Å²) in [5, 5.41) is 12.1. The highest BCUT2D eigenvalue weighted by Crippen LogP contribution is 2.15. The van der Waals surface area contributed by atoms with Crippen LogP contribution in [-0.4, -0.2) is 59.9 Å². The molecule has 1 aromatic carbocycles. The number of benzene rings is 1. The van der Waals surface area contributed by atoms with Crippen LogP contribution in [0.1, 0.15) is 5.56 Å². The zero-order valence-corrected chi connectivity index (χ0v) is 12.4. The van der Waals surface area contributed by atoms with Crippen LogP contribution in [0.15, 0.2) is 24.3 Å². The predicted octanol–water partition coefficient (Wildman–Crippen LogP) is -0.0476. The third-order valence-corrected chi connectivity index (χ3v) is 3.59. The molecule has 0 aliphatic carbocycles. The highest BCUT2D eigenvalue weighted by atomic mass is 32.1. The quantitative estimate of drug-likeness (QED) is 0.661. The summed E-state index contributed by atoms with van der Waals surface area (Å²) >= 11 is 4.97. The van der Waals surface area contributed by atoms with Gasteiger partial charge in [0.1, 0.15) is 4.99 Å². The molecule has 1 aliphatic rings. The number of para-hydroxylation sites is 1. The molecule has 21 heavy (non-hydrogen) atoms. The van der Waals surface area contributed by atoms with Crippen molar-refractivity contribution in [3.05, 3.63) is 29.8 Å². The number of anilines is 1. The zero-order valence-electron chi connectivity index (χ0n) is 11.6. The summed E-state index contributed by atoms with van der Waals surface area (Å²) < 4.78 is 5.29. The Hall–Kier alpha value is -1.54. The third-order valence-electron chi connectivity index (χ3n) is 3.37. The first-order valence-electron chi connectivity index (χ1n) is 6.73. The maximum Gasteiger partial charge on any atom is 0.238 e. The first-order valence-corrected chi connectivity index (χ1v) is 7.14. The van der Waals surface area contributed by atoms with Crippen molar-refractivity contribution in [1.82, 2.24) is 4.90 Å². The van der Waals surface area contributed by atoms with Gasteiger partial charge in [-0.2, -0.15) is 0 Å². The van der Waals surface area contributed by atoms with Crippen molar-refractivity contribution in [1.29, 1.82) is 0 Å². The second-order valence-corrected chi connectivity index (χ2v) is 5.28. The number of ether oxygens (including phenoxy) is 1. The first-order chi connectivity index (χ1) is 10.1. The molecule has 1 aliphatic heterocycles. The fraction of sp³-hybridized carbons (Fsp3) is 0.429. The number of nitrogens with zero attached hydrogens (tertiary/aromatic N) is 1. The minimum absolute atomic E-state index is 0.0310. The molecule has 1 saturated heterocycles. The van der Waals surface area contributed by atoms with Crippen LogP contribution in [0.25, 0.3) is 0 Å². The number of hydrogen-bond donors (Lipinski definition) is 3. The summed E-state index contributed by atoms with van der Waals surface area (Å²) in [6.07, 6.45) is 0. The minimum Gasteiger partial charge on any atom is -0.395 e. The lowest BCUT2D eigenvalue weighted by Gasteiger charge is -2.33. The monoisotopic (exact) mass is 309 g/mol. The molecule has 1 amide bonds. The van der Waals surface area contributed by atoms with Crippen LogP contribution in [0.2, 0.25) is 0 Å². The van der Waals surface area contributed by atoms with Crippen LogP contribution in [-0.2, 0) is 9.53 Å². The zero-order chi connectivity index (χ0) is 15.2. The molecule has 6 nitrogen and oxygen atoms in total. The summed E-state index contributed by atoms with van der Waals surface area (Å²) in [6, 6.07) is 7.00. The lowest BCUT2D eigenvalue weighted by atomic mass is 10.1. The van der Waals surface area contributed by atoms with E-state index in [0.717, 1.165) is 0 Å². The first kappa shape index (κ1) is 15.8. The average Bonchev–Trinajstić information content (AvgIpc) is 2.48. The van der Waals surface area contributed by atoms with Gasteiger partial charge in [-0.15, -0.1) is 0 Å². The van der Waals surface area contributed by atoms with Crippen molar-refractivity contribution < 1.29 is 14.6 Å². The molecule has 0 spiro atoms. The van der Waals surface area contributed by atoms with Gasteiger partial charge in [-0.05, 0) is 12.1 Å². The van der Waals surface area contributed by atoms with Crippen LogP contribution in [0.4, 0.5) is 5.69 Å². The minimum atomic E-state index is -0.168. The van der Waals surface area contributed by atoms with Gasteiger partial charge in [0, 0.05) is 12.1 Å². The molecule has 1 atom stereocenters. The van der Waals surface area contributed by atoms with E-state index in [1.54, 1.807) is 12.1 Å². The van der Waals surface area contributed by atoms with Gasteiger partial charge < -0.3 is 20.9 Å². The molecule has 0 radical (unpaired) electrons. The van der Waals surface area contributed by atoms with Crippen molar-refractivity contribution in [2.24, 2.45) is 5.73 Å². The standard InChI is InChI=1S/C14H19N3O3S/c15-14(21)11-3-1-2-4-12(11)16-13(19)7-17-5-6-20-9-10(17)8-18/h1-4,10,18H,5-9H2,(H2,15,21)(H,16,19). The van der Waals surface area contributed by atoms with Crippen molar-refractivity contribution in [3.8, 4) is 0 Å². The lowest BCUT2D eigenvalue weighted by molar-refractivity contribution is -0.120. The summed E-state index contributed by atoms with van der Waals surface area (Å²) in [4.78, 5) is 14.3. The van der Waals surface area contributed by atoms with Crippen molar-refractivity contribution in [3.63, 3.8) is 0 Å². The number of carbonyl (C=O) groups excluding carboxylic acids is 1. The van der Waals surface area contributed by atoms with Crippen molar-refractivity contribution >= 4 is 28.8 Å². The lowest BCUT2D eigenvalue weighted by Crippen LogP contribution is -2.50. The molecule has 4 N–H and O–H groups in total. The molecule has 1 aromatic rings. The van der Waals surface area contributed by atoms with Gasteiger partial charge >= 0.3 is 0 Å². The predicted molar refractivity (Wildman–Crippen MR) is 84.2 cm³/mol. The molecular weight excluding hydrogens is 290 g/mol. The summed E-state index contributed by atoms with van der Waals surface area (Å²) in [6.45, 7) is 1.78. The van der Waals surface area contributed by atoms with Gasteiger partial charge in [0.25, 0.3) is 0 Å². The molecule has 0 saturated carbocycles. The summed E-state index contributed by atoms with van der Waals surface area (Å²) in [7, 11) is 0. The van der Waals surface area contributed by atoms with Gasteiger partial charge in [0.05, 0.1) is 38.1 Å². The normalized spacial score (nSPS) is 19.2. The molecule has 1 heterocycles. The molecule has 1 fully saturated rings. The number of nitrogens with two attached hydrogens (primary N) is 1. The fourth-order valence-electron chi connectivity index (χ4n) is 2.25. The third kappa shape index (κ3) is 4.21. The maximum atomic E-state index is 12.2. The SMILES string of the molecule is NC(=S)c1ccccc1NC(=O)CN1CCOCC1CO. The van der Waals surface area contributed by atoms with E-state index in [2.05, 4.69) is 5.32 Å². The topological polar surface area (TPSA) is 87.8 Å². The number of rotatable bonds is 5. The Bertz CT molecular complexity index is 524. The van der Waals surface area contributed by atoms with E-state index in [9.17, 15) is 9.90 Å². The van der Waals surface area contributed by atoms with E-state index in [-0.39, 0.29) is 30.1 Å². The Morgan fingerprint density at radius 1 is 1.52 bits per heavy atom. The Balaban J connectivity index is 2.00. The number of aliphatic hydroxyl groups excluding tert-OH is 1. The highest BCUT2D eigenvalue weighted by molar-refractivity contribution is 7.80. The van der Waals surface area contributed by atoms with Crippen LogP contribution in [0.3, 0.4) is 0 Å². The second kappa shape index (κ2) is 7.46. The number of nitrogens with one attached hydrogen (secondary N) is 1. The maximum absolute atomic E-state index is 12.2. The van der Waals surface area contributed by atoms with E-state index in [1.165, 1.54) is 0 Å². The molecule has 0 aromatic heterocycles. The molecular formula is C14H19N3O3S. The summed E-state index contributed by atoms with van der Waals surface area (Å²) in [5.41, 5.74) is 6.88. The Kier molecular flexibility index (Phi) is 5.63. The van der Waals surface area contributed by atoms with Gasteiger partial charge in [-0.25, -0.2) is 0 Å². The van der Waals surface area contributed by atoms with Crippen molar-refractivity contribution in [2.75, 3.05) is 38.2 Å². The van der Waals surface area contributed by atoms with Gasteiger partial charge in [0.2, 0.25) is 5.91 Å². The van der Waals surface area contributed by atoms with Crippen LogP contribution >= 0.6 is 12.2 Å². The van der Waals surface area contributed by atoms with Gasteiger partial charge in [-0.3, -0.25) is 9.69 Å². The van der Waals surface area contributed by atoms with Gasteiger partial charge in [-0.1, -0.05) is 24.4 Å². The Labute approximate surface area is 128 Å². The summed E-state index contributed by atoms with van der Waals surface area (Å²) in [5.74, 6) is -0.168. The molecule has 0 bridgehead atoms. The number of thiocarbonyl (C=S) groups is 1. The fourth-order valence-corrected chi connectivity index (χ4v) is 2.42. The van der Waals surface area contributed by atoms with Crippen LogP contribution in [0, 0.1) is 0 Å². The Morgan fingerprint density at radius 3 is 3.00 bits per heavy atom. The van der Waals surface area contributed by atoms with E-state index in [0.29, 0.717) is 31.0 Å². The highest BCUT2D eigenvalue weighted by Gasteiger charge is 2.24. The van der Waals surface area contributed by atoms with E-state index < -0.39 is 0 Å². The van der Waals surface area contributed by atoms with Gasteiger partial charge in [0.15, 0.2) is 0 Å². The Morgan fingerprint density at radius 2 is 2.29 bits per heavy atom. The number of morpholine rings is 1. The van der Waals surface area contributed by atoms with E-state index >= 15 is 0 Å². The van der Waals surface area contributed by atoms with Crippen molar-refractivity contribution in [2.45, 2.75) is 6.04 Å².